The number of benzene rings is 9. The maximum Gasteiger partial charge on any atom is 0.193 e. The first-order valence-electron chi connectivity index (χ1n) is 25.3. The summed E-state index contributed by atoms with van der Waals surface area (Å²) in [5, 5.41) is 0. The lowest BCUT2D eigenvalue weighted by molar-refractivity contribution is 0.103. The van der Waals surface area contributed by atoms with Gasteiger partial charge in [0, 0.05) is 79.4 Å². The van der Waals surface area contributed by atoms with E-state index in [0.29, 0.717) is 11.1 Å². The fourth-order valence-electron chi connectivity index (χ4n) is 9.21. The Morgan fingerprint density at radius 3 is 0.838 bits per heavy atom. The summed E-state index contributed by atoms with van der Waals surface area (Å²) in [4.78, 5) is 25.2. The number of allylic oxidation sites excluding steroid dienone is 4. The smallest absolute Gasteiger partial charge is 0.193 e. The molecule has 0 aromatic heterocycles. The number of anilines is 11. The molecule has 0 aliphatic rings. The van der Waals surface area contributed by atoms with Gasteiger partial charge >= 0.3 is 0 Å². The van der Waals surface area contributed by atoms with E-state index in [4.69, 9.17) is 0 Å². The number of nitrogens with zero attached hydrogens (tertiary/aromatic N) is 4. The van der Waals surface area contributed by atoms with Gasteiger partial charge < -0.3 is 19.6 Å². The standard InChI is InChI=1S/C69H64N4O/c1-10-12-13-57(11-2)70(58-28-14-48(3)15-29-58)65-42-55(43-66(46-65)71(59-30-16-49(4)17-31-59)60-32-18-50(5)19-33-60)69(74)56-44-67(72(61-34-20-51(6)21-35-61)62-36-22-52(7)23-37-62)47-68(45-56)73(63-38-24-53(8)25-39-63)64-40-26-54(9)27-41-64/h10-47H,2H2,1,3-9H3/b12-10+,57-13+. The normalized spacial score (nSPS) is 11.4. The van der Waals surface area contributed by atoms with E-state index < -0.39 is 0 Å². The number of aryl methyl sites for hydroxylation is 7. The van der Waals surface area contributed by atoms with Gasteiger partial charge in [-0.1, -0.05) is 143 Å². The topological polar surface area (TPSA) is 30.0 Å². The highest BCUT2D eigenvalue weighted by atomic mass is 16.1. The molecule has 0 spiro atoms. The number of ketones is 1. The van der Waals surface area contributed by atoms with E-state index >= 15 is 4.79 Å². The number of hydrogen-bond acceptors (Lipinski definition) is 5. The zero-order chi connectivity index (χ0) is 51.9. The van der Waals surface area contributed by atoms with Gasteiger partial charge in [-0.15, -0.1) is 0 Å². The first-order valence-corrected chi connectivity index (χ1v) is 25.3. The predicted molar refractivity (Wildman–Crippen MR) is 315 cm³/mol. The summed E-state index contributed by atoms with van der Waals surface area (Å²) in [5.74, 6) is -0.133. The van der Waals surface area contributed by atoms with Crippen LogP contribution in [0.4, 0.5) is 62.6 Å². The average molecular weight is 965 g/mol. The molecule has 0 heterocycles. The van der Waals surface area contributed by atoms with E-state index in [0.717, 1.165) is 107 Å². The van der Waals surface area contributed by atoms with Crippen molar-refractivity contribution in [3.05, 3.63) is 293 Å². The summed E-state index contributed by atoms with van der Waals surface area (Å²) in [7, 11) is 0. The molecule has 0 aliphatic carbocycles. The molecule has 0 bridgehead atoms. The summed E-state index contributed by atoms with van der Waals surface area (Å²) in [5.41, 5.74) is 20.1. The summed E-state index contributed by atoms with van der Waals surface area (Å²) >= 11 is 0. The Morgan fingerprint density at radius 1 is 0.338 bits per heavy atom. The lowest BCUT2D eigenvalue weighted by Crippen LogP contribution is -2.18. The lowest BCUT2D eigenvalue weighted by Gasteiger charge is -2.31. The molecular formula is C69H64N4O. The number of carbonyl (C=O) groups is 1. The van der Waals surface area contributed by atoms with E-state index in [2.05, 4.69) is 275 Å². The van der Waals surface area contributed by atoms with Crippen LogP contribution >= 0.6 is 0 Å². The first-order chi connectivity index (χ1) is 35.8. The third kappa shape index (κ3) is 11.2. The van der Waals surface area contributed by atoms with Crippen molar-refractivity contribution in [2.45, 2.75) is 55.4 Å². The molecule has 9 aromatic rings. The van der Waals surface area contributed by atoms with Crippen molar-refractivity contribution in [2.24, 2.45) is 0 Å². The second-order valence-electron chi connectivity index (χ2n) is 19.3. The maximum absolute atomic E-state index is 16.3. The lowest BCUT2D eigenvalue weighted by atomic mass is 9.98. The minimum absolute atomic E-state index is 0.133. The second kappa shape index (κ2) is 22.2. The van der Waals surface area contributed by atoms with Crippen molar-refractivity contribution in [1.82, 2.24) is 0 Å². The van der Waals surface area contributed by atoms with Crippen LogP contribution < -0.4 is 19.6 Å². The first kappa shape index (κ1) is 50.0. The molecule has 0 fully saturated rings. The van der Waals surface area contributed by atoms with Gasteiger partial charge in [0.25, 0.3) is 0 Å². The van der Waals surface area contributed by atoms with E-state index in [1.807, 2.05) is 37.3 Å². The van der Waals surface area contributed by atoms with Gasteiger partial charge in [0.1, 0.15) is 0 Å². The van der Waals surface area contributed by atoms with Crippen LogP contribution in [0, 0.1) is 48.5 Å². The van der Waals surface area contributed by atoms with Gasteiger partial charge in [-0.2, -0.15) is 0 Å². The van der Waals surface area contributed by atoms with Crippen molar-refractivity contribution < 1.29 is 4.79 Å². The molecule has 74 heavy (non-hydrogen) atoms. The SMILES string of the molecule is C=C/C(=C\C=C\C)N(c1ccc(C)cc1)c1cc(C(=O)c2cc(N(c3ccc(C)cc3)c3ccc(C)cc3)cc(N(c3ccc(C)cc3)c3ccc(C)cc3)c2)cc(N(c2ccc(C)cc2)c2ccc(C)cc2)c1. The summed E-state index contributed by atoms with van der Waals surface area (Å²) in [6.45, 7) is 21.0. The summed E-state index contributed by atoms with van der Waals surface area (Å²) in [6.07, 6.45) is 7.96. The third-order valence-electron chi connectivity index (χ3n) is 13.3. The van der Waals surface area contributed by atoms with Crippen molar-refractivity contribution in [1.29, 1.82) is 0 Å². The van der Waals surface area contributed by atoms with Crippen molar-refractivity contribution >= 4 is 68.3 Å². The maximum atomic E-state index is 16.3. The number of hydrogen-bond donors (Lipinski definition) is 0. The highest BCUT2D eigenvalue weighted by Gasteiger charge is 2.25. The molecule has 5 heteroatoms. The molecule has 0 unspecified atom stereocenters. The molecule has 0 saturated heterocycles. The fraction of sp³-hybridized carbons (Fsp3) is 0.116. The summed E-state index contributed by atoms with van der Waals surface area (Å²) < 4.78 is 0. The molecule has 0 amide bonds. The Labute approximate surface area is 438 Å². The van der Waals surface area contributed by atoms with Crippen LogP contribution in [0.3, 0.4) is 0 Å². The van der Waals surface area contributed by atoms with Gasteiger partial charge in [-0.3, -0.25) is 4.79 Å². The largest absolute Gasteiger partial charge is 0.310 e. The average Bonchev–Trinajstić information content (AvgIpc) is 3.41. The number of carbonyl (C=O) groups excluding carboxylic acids is 1. The Bertz CT molecular complexity index is 3210. The van der Waals surface area contributed by atoms with E-state index in [9.17, 15) is 0 Å². The molecule has 0 radical (unpaired) electrons. The van der Waals surface area contributed by atoms with Crippen LogP contribution in [0.1, 0.15) is 61.8 Å². The predicted octanol–water partition coefficient (Wildman–Crippen LogP) is 19.3. The van der Waals surface area contributed by atoms with Gasteiger partial charge in [0.15, 0.2) is 5.78 Å². The molecule has 0 atom stereocenters. The van der Waals surface area contributed by atoms with Crippen LogP contribution in [0.15, 0.2) is 243 Å². The van der Waals surface area contributed by atoms with Crippen molar-refractivity contribution in [3.63, 3.8) is 0 Å². The molecule has 0 saturated carbocycles. The highest BCUT2D eigenvalue weighted by Crippen LogP contribution is 2.44. The monoisotopic (exact) mass is 965 g/mol. The van der Waals surface area contributed by atoms with E-state index in [1.54, 1.807) is 0 Å². The Kier molecular flexibility index (Phi) is 15.0. The Balaban J connectivity index is 1.35. The second-order valence-corrected chi connectivity index (χ2v) is 19.3. The quantitative estimate of drug-likeness (QED) is 0.0711. The van der Waals surface area contributed by atoms with Crippen LogP contribution in [-0.2, 0) is 0 Å². The minimum atomic E-state index is -0.133. The Morgan fingerprint density at radius 2 is 0.581 bits per heavy atom. The molecule has 5 nitrogen and oxygen atoms in total. The molecule has 9 rings (SSSR count). The van der Waals surface area contributed by atoms with Crippen molar-refractivity contribution in [3.8, 4) is 0 Å². The highest BCUT2D eigenvalue weighted by molar-refractivity contribution is 6.12. The van der Waals surface area contributed by atoms with Crippen LogP contribution in [0.25, 0.3) is 0 Å². The molecule has 0 aliphatic heterocycles. The van der Waals surface area contributed by atoms with E-state index in [-0.39, 0.29) is 5.78 Å². The molecule has 0 N–H and O–H groups in total. The van der Waals surface area contributed by atoms with Gasteiger partial charge in [-0.25, -0.2) is 0 Å². The fourth-order valence-corrected chi connectivity index (χ4v) is 9.21. The third-order valence-corrected chi connectivity index (χ3v) is 13.3. The van der Waals surface area contributed by atoms with Gasteiger partial charge in [0.2, 0.25) is 0 Å². The zero-order valence-electron chi connectivity index (χ0n) is 43.8. The summed E-state index contributed by atoms with van der Waals surface area (Å²) in [6, 6.07) is 72.5. The molecular weight excluding hydrogens is 901 g/mol. The van der Waals surface area contributed by atoms with Gasteiger partial charge in [-0.05, 0) is 189 Å². The van der Waals surface area contributed by atoms with E-state index in [1.165, 1.54) is 0 Å². The van der Waals surface area contributed by atoms with Crippen LogP contribution in [0.5, 0.6) is 0 Å². The molecule has 9 aromatic carbocycles. The Hall–Kier alpha value is -8.93. The minimum Gasteiger partial charge on any atom is -0.310 e. The van der Waals surface area contributed by atoms with Crippen molar-refractivity contribution in [2.75, 3.05) is 19.6 Å². The van der Waals surface area contributed by atoms with Crippen LogP contribution in [-0.4, -0.2) is 5.78 Å². The van der Waals surface area contributed by atoms with Gasteiger partial charge in [0.05, 0.1) is 0 Å². The van der Waals surface area contributed by atoms with Crippen LogP contribution in [0.2, 0.25) is 0 Å². The zero-order valence-corrected chi connectivity index (χ0v) is 43.8. The number of rotatable bonds is 16. The molecule has 366 valence electrons.